The van der Waals surface area contributed by atoms with Gasteiger partial charge in [0.15, 0.2) is 0 Å². The fourth-order valence-corrected chi connectivity index (χ4v) is 2.41. The molecule has 1 unspecified atom stereocenters. The smallest absolute Gasteiger partial charge is 0.134 e. The molecule has 0 aliphatic heterocycles. The van der Waals surface area contributed by atoms with Crippen molar-refractivity contribution in [1.82, 2.24) is 5.32 Å². The summed E-state index contributed by atoms with van der Waals surface area (Å²) in [6.45, 7) is 4.41. The molecule has 1 nitrogen and oxygen atoms in total. The maximum absolute atomic E-state index is 14.0. The summed E-state index contributed by atoms with van der Waals surface area (Å²) in [5.74, 6) is -2.66. The predicted octanol–water partition coefficient (Wildman–Crippen LogP) is 4.37. The summed E-state index contributed by atoms with van der Waals surface area (Å²) in [4.78, 5) is 0. The van der Waals surface area contributed by atoms with Gasteiger partial charge in [-0.15, -0.1) is 0 Å². The third-order valence-electron chi connectivity index (χ3n) is 3.43. The Morgan fingerprint density at radius 3 is 2.24 bits per heavy atom. The van der Waals surface area contributed by atoms with E-state index in [1.807, 2.05) is 38.1 Å². The van der Waals surface area contributed by atoms with E-state index >= 15 is 0 Å². The van der Waals surface area contributed by atoms with Gasteiger partial charge in [0.05, 0.1) is 6.04 Å². The Labute approximate surface area is 122 Å². The summed E-state index contributed by atoms with van der Waals surface area (Å²) in [6.07, 6.45) is 0.834. The van der Waals surface area contributed by atoms with E-state index in [2.05, 4.69) is 5.32 Å². The van der Waals surface area contributed by atoms with Gasteiger partial charge in [-0.3, -0.25) is 0 Å². The molecule has 0 aromatic heterocycles. The Balaban J connectivity index is 2.53. The van der Waals surface area contributed by atoms with Gasteiger partial charge in [0.1, 0.15) is 17.5 Å². The van der Waals surface area contributed by atoms with Crippen LogP contribution in [0, 0.1) is 17.5 Å². The van der Waals surface area contributed by atoms with Crippen molar-refractivity contribution in [3.8, 4) is 0 Å². The summed E-state index contributed by atoms with van der Waals surface area (Å²) in [5, 5.41) is 3.07. The quantitative estimate of drug-likeness (QED) is 0.863. The van der Waals surface area contributed by atoms with E-state index in [9.17, 15) is 13.2 Å². The molecular weight excluding hydrogens is 275 g/mol. The van der Waals surface area contributed by atoms with Gasteiger partial charge in [0.2, 0.25) is 0 Å². The highest BCUT2D eigenvalue weighted by Crippen LogP contribution is 2.28. The Bertz CT molecular complexity index is 602. The molecular formula is C17H18F3N. The standard InChI is InChI=1S/C17H18F3N/c1-3-11-6-5-7-12(8-11)17(21-4-2)16-14(19)9-13(18)10-15(16)20/h5-10,17,21H,3-4H2,1-2H3. The molecule has 1 atom stereocenters. The molecule has 21 heavy (non-hydrogen) atoms. The van der Waals surface area contributed by atoms with Crippen molar-refractivity contribution >= 4 is 0 Å². The molecule has 0 bridgehead atoms. The maximum Gasteiger partial charge on any atom is 0.134 e. The number of rotatable bonds is 5. The van der Waals surface area contributed by atoms with E-state index in [1.54, 1.807) is 0 Å². The van der Waals surface area contributed by atoms with Crippen LogP contribution in [0.25, 0.3) is 0 Å². The lowest BCUT2D eigenvalue weighted by atomic mass is 9.95. The topological polar surface area (TPSA) is 12.0 Å². The van der Waals surface area contributed by atoms with Crippen LogP contribution in [0.15, 0.2) is 36.4 Å². The average Bonchev–Trinajstić information content (AvgIpc) is 2.45. The van der Waals surface area contributed by atoms with Crippen molar-refractivity contribution in [1.29, 1.82) is 0 Å². The van der Waals surface area contributed by atoms with Crippen molar-refractivity contribution < 1.29 is 13.2 Å². The Hall–Kier alpha value is -1.81. The molecule has 2 rings (SSSR count). The minimum Gasteiger partial charge on any atom is -0.306 e. The fraction of sp³-hybridized carbons (Fsp3) is 0.294. The molecule has 0 amide bonds. The summed E-state index contributed by atoms with van der Waals surface area (Å²) in [7, 11) is 0. The Morgan fingerprint density at radius 1 is 1.00 bits per heavy atom. The third kappa shape index (κ3) is 3.45. The van der Waals surface area contributed by atoms with Crippen LogP contribution in [0.3, 0.4) is 0 Å². The number of aryl methyl sites for hydroxylation is 1. The van der Waals surface area contributed by atoms with Crippen LogP contribution in [0.2, 0.25) is 0 Å². The van der Waals surface area contributed by atoms with Gasteiger partial charge >= 0.3 is 0 Å². The third-order valence-corrected chi connectivity index (χ3v) is 3.43. The molecule has 0 heterocycles. The van der Waals surface area contributed by atoms with Crippen molar-refractivity contribution in [2.24, 2.45) is 0 Å². The average molecular weight is 293 g/mol. The highest BCUT2D eigenvalue weighted by molar-refractivity contribution is 5.36. The van der Waals surface area contributed by atoms with Gasteiger partial charge in [0, 0.05) is 17.7 Å². The zero-order valence-corrected chi connectivity index (χ0v) is 12.1. The zero-order chi connectivity index (χ0) is 15.4. The second-order valence-corrected chi connectivity index (χ2v) is 4.87. The minimum atomic E-state index is -0.911. The van der Waals surface area contributed by atoms with Crippen molar-refractivity contribution in [3.05, 3.63) is 70.5 Å². The lowest BCUT2D eigenvalue weighted by Gasteiger charge is -2.21. The summed E-state index contributed by atoms with van der Waals surface area (Å²) < 4.78 is 41.1. The number of hydrogen-bond donors (Lipinski definition) is 1. The second kappa shape index (κ2) is 6.76. The fourth-order valence-electron chi connectivity index (χ4n) is 2.41. The minimum absolute atomic E-state index is 0.147. The van der Waals surface area contributed by atoms with Crippen LogP contribution in [-0.2, 0) is 6.42 Å². The van der Waals surface area contributed by atoms with Gasteiger partial charge < -0.3 is 5.32 Å². The molecule has 4 heteroatoms. The van der Waals surface area contributed by atoms with E-state index in [1.165, 1.54) is 0 Å². The first kappa shape index (κ1) is 15.6. The van der Waals surface area contributed by atoms with Crippen LogP contribution >= 0.6 is 0 Å². The predicted molar refractivity (Wildman–Crippen MR) is 77.7 cm³/mol. The van der Waals surface area contributed by atoms with Crippen LogP contribution in [0.4, 0.5) is 13.2 Å². The van der Waals surface area contributed by atoms with Crippen molar-refractivity contribution in [2.45, 2.75) is 26.3 Å². The van der Waals surface area contributed by atoms with E-state index < -0.39 is 23.5 Å². The molecule has 0 radical (unpaired) electrons. The molecule has 0 aliphatic rings. The summed E-state index contributed by atoms with van der Waals surface area (Å²) in [6, 6.07) is 8.34. The van der Waals surface area contributed by atoms with Gasteiger partial charge in [-0.05, 0) is 24.1 Å². The Kier molecular flexibility index (Phi) is 5.02. The van der Waals surface area contributed by atoms with E-state index in [0.717, 1.165) is 17.5 Å². The number of benzene rings is 2. The summed E-state index contributed by atoms with van der Waals surface area (Å²) >= 11 is 0. The number of halogens is 3. The van der Waals surface area contributed by atoms with Crippen LogP contribution in [0.1, 0.15) is 36.6 Å². The molecule has 0 saturated heterocycles. The summed E-state index contributed by atoms with van der Waals surface area (Å²) in [5.41, 5.74) is 1.70. The van der Waals surface area contributed by atoms with Gasteiger partial charge in [-0.25, -0.2) is 13.2 Å². The zero-order valence-electron chi connectivity index (χ0n) is 12.1. The maximum atomic E-state index is 14.0. The lowest BCUT2D eigenvalue weighted by molar-refractivity contribution is 0.492. The first-order valence-electron chi connectivity index (χ1n) is 7.03. The molecule has 0 fully saturated rings. The highest BCUT2D eigenvalue weighted by atomic mass is 19.1. The van der Waals surface area contributed by atoms with Crippen LogP contribution in [-0.4, -0.2) is 6.54 Å². The van der Waals surface area contributed by atoms with Crippen molar-refractivity contribution in [2.75, 3.05) is 6.54 Å². The Morgan fingerprint density at radius 2 is 1.67 bits per heavy atom. The first-order valence-corrected chi connectivity index (χ1v) is 7.03. The van der Waals surface area contributed by atoms with Crippen LogP contribution in [0.5, 0.6) is 0 Å². The van der Waals surface area contributed by atoms with Crippen molar-refractivity contribution in [3.63, 3.8) is 0 Å². The number of hydrogen-bond acceptors (Lipinski definition) is 1. The molecule has 0 saturated carbocycles. The molecule has 0 aliphatic carbocycles. The lowest BCUT2D eigenvalue weighted by Crippen LogP contribution is -2.24. The monoisotopic (exact) mass is 293 g/mol. The van der Waals surface area contributed by atoms with E-state index in [-0.39, 0.29) is 5.56 Å². The number of nitrogens with one attached hydrogen (secondary N) is 1. The van der Waals surface area contributed by atoms with E-state index in [0.29, 0.717) is 18.7 Å². The molecule has 112 valence electrons. The second-order valence-electron chi connectivity index (χ2n) is 4.87. The van der Waals surface area contributed by atoms with Crippen LogP contribution < -0.4 is 5.32 Å². The largest absolute Gasteiger partial charge is 0.306 e. The van der Waals surface area contributed by atoms with E-state index in [4.69, 9.17) is 0 Å². The normalized spacial score (nSPS) is 12.4. The highest BCUT2D eigenvalue weighted by Gasteiger charge is 2.22. The van der Waals surface area contributed by atoms with Gasteiger partial charge in [-0.2, -0.15) is 0 Å². The van der Waals surface area contributed by atoms with Gasteiger partial charge in [0.25, 0.3) is 0 Å². The SMILES string of the molecule is CCNC(c1cccc(CC)c1)c1c(F)cc(F)cc1F. The molecule has 2 aromatic carbocycles. The molecule has 1 N–H and O–H groups in total. The molecule has 0 spiro atoms. The molecule has 2 aromatic rings. The van der Waals surface area contributed by atoms with Gasteiger partial charge in [-0.1, -0.05) is 38.1 Å². The first-order chi connectivity index (χ1) is 10.1.